The smallest absolute Gasteiger partial charge is 0.319 e. The molecule has 2 aliphatic heterocycles. The van der Waals surface area contributed by atoms with E-state index in [2.05, 4.69) is 48.2 Å². The van der Waals surface area contributed by atoms with Crippen LogP contribution in [0.15, 0.2) is 72.9 Å². The molecule has 6 rings (SSSR count). The lowest BCUT2D eigenvalue weighted by Gasteiger charge is -2.18. The molecule has 3 amide bonds. The summed E-state index contributed by atoms with van der Waals surface area (Å²) in [6.07, 6.45) is 3.64. The van der Waals surface area contributed by atoms with E-state index in [1.165, 1.54) is 0 Å². The van der Waals surface area contributed by atoms with E-state index in [4.69, 9.17) is 18.2 Å². The molecule has 210 valence electrons. The van der Waals surface area contributed by atoms with E-state index >= 15 is 0 Å². The van der Waals surface area contributed by atoms with Gasteiger partial charge in [0.05, 0.1) is 12.8 Å². The number of carbonyl (C=O) groups is 2. The third-order valence-electron chi connectivity index (χ3n) is 7.28. The quantitative estimate of drug-likeness (QED) is 0.212. The molecule has 1 fully saturated rings. The zero-order valence-electron chi connectivity index (χ0n) is 22.5. The van der Waals surface area contributed by atoms with Crippen LogP contribution >= 0.6 is 11.6 Å². The average molecular weight is 579 g/mol. The van der Waals surface area contributed by atoms with Crippen LogP contribution in [0.2, 0.25) is 5.02 Å². The number of nitrogens with one attached hydrogen (secondary N) is 4. The molecule has 3 heterocycles. The molecule has 0 unspecified atom stereocenters. The number of aromatic nitrogens is 2. The maximum absolute atomic E-state index is 13.1. The fourth-order valence-corrected chi connectivity index (χ4v) is 5.27. The first-order valence-corrected chi connectivity index (χ1v) is 13.9. The molecule has 4 N–H and O–H groups in total. The minimum absolute atomic E-state index is 0.110. The highest BCUT2D eigenvalue weighted by Gasteiger charge is 2.28. The number of aryl methyl sites for hydroxylation is 2. The molecule has 2 aliphatic rings. The predicted molar refractivity (Wildman–Crippen MR) is 163 cm³/mol. The number of halogens is 1. The van der Waals surface area contributed by atoms with Gasteiger partial charge in [-0.25, -0.2) is 14.6 Å². The normalized spacial score (nSPS) is 15.5. The number of urea groups is 1. The van der Waals surface area contributed by atoms with Crippen LogP contribution in [0.5, 0.6) is 0 Å². The average Bonchev–Trinajstić information content (AvgIpc) is 3.46. The Morgan fingerprint density at radius 3 is 2.69 bits per heavy atom. The van der Waals surface area contributed by atoms with Crippen LogP contribution < -0.4 is 21.3 Å². The van der Waals surface area contributed by atoms with Gasteiger partial charge in [-0.3, -0.25) is 4.79 Å². The van der Waals surface area contributed by atoms with E-state index in [1.807, 2.05) is 30.3 Å². The van der Waals surface area contributed by atoms with E-state index in [9.17, 15) is 9.59 Å². The van der Waals surface area contributed by atoms with Crippen molar-refractivity contribution in [2.75, 3.05) is 29.0 Å². The predicted octanol–water partition coefficient (Wildman–Crippen LogP) is 6.30. The van der Waals surface area contributed by atoms with E-state index < -0.39 is 0 Å². The molecule has 1 atom stereocenters. The molecule has 0 saturated carbocycles. The highest BCUT2D eigenvalue weighted by molar-refractivity contribution is 6.32. The van der Waals surface area contributed by atoms with Gasteiger partial charge in [-0.05, 0) is 60.7 Å². The highest BCUT2D eigenvalue weighted by Crippen LogP contribution is 2.29. The van der Waals surface area contributed by atoms with Crippen LogP contribution in [-0.2, 0) is 12.8 Å². The van der Waals surface area contributed by atoms with Crippen LogP contribution in [-0.4, -0.2) is 45.9 Å². The lowest BCUT2D eigenvalue weighted by molar-refractivity contribution is 0.0789. The minimum atomic E-state index is -0.328. The molecule has 0 spiro atoms. The van der Waals surface area contributed by atoms with E-state index in [-0.39, 0.29) is 18.0 Å². The van der Waals surface area contributed by atoms with Crippen molar-refractivity contribution in [2.24, 2.45) is 0 Å². The largest absolute Gasteiger partial charge is 0.339 e. The van der Waals surface area contributed by atoms with Crippen LogP contribution in [0.3, 0.4) is 0 Å². The molecule has 42 heavy (non-hydrogen) atoms. The van der Waals surface area contributed by atoms with Gasteiger partial charge in [0.1, 0.15) is 5.02 Å². The topological polar surface area (TPSA) is 116 Å². The van der Waals surface area contributed by atoms with Crippen molar-refractivity contribution < 1.29 is 9.59 Å². The third kappa shape index (κ3) is 6.11. The van der Waals surface area contributed by atoms with Gasteiger partial charge in [0.2, 0.25) is 5.95 Å². The number of benzene rings is 3. The Hall–Kier alpha value is -5.14. The number of nitrogens with zero attached hydrogens (tertiary/aromatic N) is 4. The van der Waals surface area contributed by atoms with Crippen LogP contribution in [0.4, 0.5) is 39.3 Å². The van der Waals surface area contributed by atoms with Gasteiger partial charge in [0, 0.05) is 41.8 Å². The molecule has 0 radical (unpaired) electrons. The summed E-state index contributed by atoms with van der Waals surface area (Å²) in [7, 11) is 0. The van der Waals surface area contributed by atoms with Crippen molar-refractivity contribution in [1.82, 2.24) is 20.2 Å². The molecule has 11 heteroatoms. The van der Waals surface area contributed by atoms with Crippen LogP contribution in [0.1, 0.15) is 27.9 Å². The first-order valence-electron chi connectivity index (χ1n) is 13.6. The summed E-state index contributed by atoms with van der Waals surface area (Å²) in [6, 6.07) is 19.9. The second kappa shape index (κ2) is 11.8. The van der Waals surface area contributed by atoms with Crippen molar-refractivity contribution in [2.45, 2.75) is 25.3 Å². The number of hydrogen-bond donors (Lipinski definition) is 4. The fraction of sp³-hybridized carbons (Fsp3) is 0.194. The Bertz CT molecular complexity index is 1700. The number of anilines is 5. The zero-order chi connectivity index (χ0) is 29.1. The summed E-state index contributed by atoms with van der Waals surface area (Å²) in [5.41, 5.74) is 5.44. The van der Waals surface area contributed by atoms with Gasteiger partial charge >= 0.3 is 6.03 Å². The van der Waals surface area contributed by atoms with Crippen molar-refractivity contribution in [3.05, 3.63) is 106 Å². The fourth-order valence-electron chi connectivity index (χ4n) is 5.13. The minimum Gasteiger partial charge on any atom is -0.339 e. The Morgan fingerprint density at radius 2 is 1.86 bits per heavy atom. The number of carbonyl (C=O) groups excluding carboxylic acids is 2. The van der Waals surface area contributed by atoms with Gasteiger partial charge in [-0.2, -0.15) is 4.98 Å². The molecule has 0 aliphatic carbocycles. The molecule has 3 aromatic carbocycles. The molecule has 1 aromatic heterocycles. The van der Waals surface area contributed by atoms with Gasteiger partial charge < -0.3 is 26.2 Å². The van der Waals surface area contributed by atoms with Gasteiger partial charge in [0.15, 0.2) is 11.5 Å². The van der Waals surface area contributed by atoms with E-state index in [0.717, 1.165) is 28.9 Å². The first-order chi connectivity index (χ1) is 20.4. The second-order valence-electron chi connectivity index (χ2n) is 10.2. The summed E-state index contributed by atoms with van der Waals surface area (Å²) < 4.78 is 0. The number of likely N-dealkylation sites (tertiary alicyclic amines) is 1. The first kappa shape index (κ1) is 27.1. The Morgan fingerprint density at radius 1 is 1.02 bits per heavy atom. The van der Waals surface area contributed by atoms with Gasteiger partial charge in [-0.1, -0.05) is 48.0 Å². The summed E-state index contributed by atoms with van der Waals surface area (Å²) in [5, 5.41) is 12.9. The number of rotatable bonds is 3. The van der Waals surface area contributed by atoms with Gasteiger partial charge in [-0.15, -0.1) is 0 Å². The highest BCUT2D eigenvalue weighted by atomic mass is 35.5. The standard InChI is InChI=1S/C31H27ClN8O2/c1-33-22-9-7-20(8-10-22)29(41)40-14-13-25(18-40)37-31(42)38-27-12-11-24-16-21(27)6-5-19-3-2-4-23(15-19)36-30-34-17-26(32)28(35-24)39-30/h2-4,7-12,15-17,25H,5-6,13-14,18H2,(H2,37,38,42)(H2,34,35,36,39)/t25-/m0/s1. The molecule has 6 bridgehead atoms. The number of amides is 3. The molecular weight excluding hydrogens is 552 g/mol. The van der Waals surface area contributed by atoms with E-state index in [0.29, 0.717) is 59.7 Å². The Kier molecular flexibility index (Phi) is 7.58. The summed E-state index contributed by atoms with van der Waals surface area (Å²) in [6.45, 7) is 8.04. The summed E-state index contributed by atoms with van der Waals surface area (Å²) >= 11 is 6.38. The van der Waals surface area contributed by atoms with Crippen molar-refractivity contribution >= 4 is 58.1 Å². The molecule has 1 saturated heterocycles. The maximum Gasteiger partial charge on any atom is 0.319 e. The number of hydrogen-bond acceptors (Lipinski definition) is 6. The zero-order valence-corrected chi connectivity index (χ0v) is 23.3. The lowest BCUT2D eigenvalue weighted by atomic mass is 10.0. The van der Waals surface area contributed by atoms with Crippen LogP contribution in [0, 0.1) is 6.57 Å². The van der Waals surface area contributed by atoms with Crippen LogP contribution in [0.25, 0.3) is 4.85 Å². The van der Waals surface area contributed by atoms with Crippen molar-refractivity contribution in [3.63, 3.8) is 0 Å². The second-order valence-corrected chi connectivity index (χ2v) is 10.6. The SMILES string of the molecule is [C-]#[N+]c1ccc(C(=O)N2CC[C@H](NC(=O)Nc3ccc4cc3CCc3cccc(c3)Nc3ncc(Cl)c(n3)N4)C2)cc1. The number of fused-ring (bicyclic) bond motifs is 6. The Balaban J connectivity index is 1.16. The maximum atomic E-state index is 13.1. The lowest BCUT2D eigenvalue weighted by Crippen LogP contribution is -2.40. The van der Waals surface area contributed by atoms with Gasteiger partial charge in [0.25, 0.3) is 5.91 Å². The molecule has 10 nitrogen and oxygen atoms in total. The van der Waals surface area contributed by atoms with Crippen molar-refractivity contribution in [3.8, 4) is 0 Å². The summed E-state index contributed by atoms with van der Waals surface area (Å²) in [4.78, 5) is 39.9. The molecular formula is C31H27ClN8O2. The monoisotopic (exact) mass is 578 g/mol. The summed E-state index contributed by atoms with van der Waals surface area (Å²) in [5.74, 6) is 0.788. The Labute approximate surface area is 248 Å². The third-order valence-corrected chi connectivity index (χ3v) is 7.56. The van der Waals surface area contributed by atoms with Crippen molar-refractivity contribution in [1.29, 1.82) is 0 Å². The molecule has 4 aromatic rings. The van der Waals surface area contributed by atoms with E-state index in [1.54, 1.807) is 35.4 Å².